The minimum Gasteiger partial charge on any atom is -0.382 e. The van der Waals surface area contributed by atoms with Crippen LogP contribution in [0.25, 0.3) is 0 Å². The molecule has 0 aliphatic carbocycles. The summed E-state index contributed by atoms with van der Waals surface area (Å²) in [6.07, 6.45) is 2.41. The number of aliphatic imine (C=N–C) groups is 2. The molecule has 2 rings (SSSR count). The molecule has 0 saturated heterocycles. The Morgan fingerprint density at radius 3 is 2.70 bits per heavy atom. The molecule has 0 fully saturated rings. The van der Waals surface area contributed by atoms with Crippen LogP contribution in [-0.4, -0.2) is 61.1 Å². The molecule has 0 spiro atoms. The maximum absolute atomic E-state index is 14.5. The Labute approximate surface area is 156 Å². The molecule has 6 nitrogen and oxygen atoms in total. The molecule has 27 heavy (non-hydrogen) atoms. The van der Waals surface area contributed by atoms with Crippen molar-refractivity contribution in [2.24, 2.45) is 21.0 Å². The average molecular weight is 381 g/mol. The number of rotatable bonds is 7. The highest BCUT2D eigenvalue weighted by Gasteiger charge is 2.43. The summed E-state index contributed by atoms with van der Waals surface area (Å²) in [6.45, 7) is 4.89. The van der Waals surface area contributed by atoms with E-state index in [1.165, 1.54) is 19.0 Å². The summed E-state index contributed by atoms with van der Waals surface area (Å²) in [6, 6.07) is 2.85. The summed E-state index contributed by atoms with van der Waals surface area (Å²) >= 11 is 0. The van der Waals surface area contributed by atoms with Gasteiger partial charge in [-0.2, -0.15) is 5.10 Å². The molecule has 146 valence electrons. The van der Waals surface area contributed by atoms with E-state index >= 15 is 0 Å². The summed E-state index contributed by atoms with van der Waals surface area (Å²) < 4.78 is 42.3. The highest BCUT2D eigenvalue weighted by molar-refractivity contribution is 6.00. The van der Waals surface area contributed by atoms with Crippen molar-refractivity contribution >= 4 is 18.8 Å². The van der Waals surface area contributed by atoms with E-state index in [2.05, 4.69) is 21.8 Å². The fourth-order valence-electron chi connectivity index (χ4n) is 3.04. The van der Waals surface area contributed by atoms with Gasteiger partial charge in [0.1, 0.15) is 30.2 Å². The van der Waals surface area contributed by atoms with Crippen molar-refractivity contribution in [2.75, 3.05) is 27.3 Å². The molecule has 1 aromatic rings. The predicted molar refractivity (Wildman–Crippen MR) is 99.3 cm³/mol. The molecular weight excluding hydrogens is 359 g/mol. The molecule has 1 aliphatic rings. The van der Waals surface area contributed by atoms with Crippen LogP contribution in [0.3, 0.4) is 0 Å². The second kappa shape index (κ2) is 8.34. The number of aliphatic hydroxyl groups is 1. The normalized spacial score (nSPS) is 18.6. The number of halogens is 3. The number of hydrogen-bond donors (Lipinski definition) is 1. The molecule has 1 N–H and O–H groups in total. The zero-order valence-electron chi connectivity index (χ0n) is 15.4. The van der Waals surface area contributed by atoms with E-state index in [-0.39, 0.29) is 17.8 Å². The van der Waals surface area contributed by atoms with Gasteiger partial charge in [-0.1, -0.05) is 13.0 Å². The Bertz CT molecular complexity index is 795. The standard InChI is InChI=1S/C18H22F3N5O/c1-12(17(23-3)16(21)8-22-2)18(27,9-26-11-25(4)10-24-26)14-6-5-13(19)7-15(14)20/h5-8,10,12,27H,2,9,11H2,1,3-4H3. The van der Waals surface area contributed by atoms with Crippen LogP contribution in [-0.2, 0) is 5.60 Å². The third-order valence-corrected chi connectivity index (χ3v) is 4.44. The molecule has 0 bridgehead atoms. The first-order valence-corrected chi connectivity index (χ1v) is 8.18. The van der Waals surface area contributed by atoms with Crippen LogP contribution in [0.1, 0.15) is 12.5 Å². The third kappa shape index (κ3) is 4.36. The van der Waals surface area contributed by atoms with Crippen molar-refractivity contribution in [3.8, 4) is 0 Å². The number of hydrogen-bond acceptors (Lipinski definition) is 6. The fraction of sp³-hybridized carbons (Fsp3) is 0.389. The van der Waals surface area contributed by atoms with Crippen molar-refractivity contribution in [1.29, 1.82) is 0 Å². The van der Waals surface area contributed by atoms with Gasteiger partial charge in [0.15, 0.2) is 5.83 Å². The molecule has 1 aliphatic heterocycles. The first-order valence-electron chi connectivity index (χ1n) is 8.18. The van der Waals surface area contributed by atoms with E-state index in [0.29, 0.717) is 12.7 Å². The summed E-state index contributed by atoms with van der Waals surface area (Å²) in [4.78, 5) is 9.02. The van der Waals surface area contributed by atoms with E-state index in [1.807, 2.05) is 0 Å². The van der Waals surface area contributed by atoms with Gasteiger partial charge >= 0.3 is 0 Å². The number of nitrogens with zero attached hydrogens (tertiary/aromatic N) is 5. The van der Waals surface area contributed by atoms with Crippen LogP contribution in [0, 0.1) is 17.6 Å². The third-order valence-electron chi connectivity index (χ3n) is 4.44. The molecule has 2 atom stereocenters. The van der Waals surface area contributed by atoms with Crippen LogP contribution in [0.2, 0.25) is 0 Å². The van der Waals surface area contributed by atoms with Crippen LogP contribution >= 0.6 is 0 Å². The Morgan fingerprint density at radius 2 is 2.19 bits per heavy atom. The quantitative estimate of drug-likeness (QED) is 0.739. The first kappa shape index (κ1) is 20.6. The summed E-state index contributed by atoms with van der Waals surface area (Å²) in [5, 5.41) is 17.1. The van der Waals surface area contributed by atoms with E-state index in [4.69, 9.17) is 0 Å². The molecule has 0 saturated carbocycles. The molecule has 1 aromatic carbocycles. The molecule has 0 aromatic heterocycles. The number of hydrazone groups is 1. The maximum atomic E-state index is 14.5. The maximum Gasteiger partial charge on any atom is 0.162 e. The van der Waals surface area contributed by atoms with Gasteiger partial charge < -0.3 is 10.0 Å². The van der Waals surface area contributed by atoms with Gasteiger partial charge in [-0.15, -0.1) is 0 Å². The summed E-state index contributed by atoms with van der Waals surface area (Å²) in [5.41, 5.74) is -2.24. The highest BCUT2D eigenvalue weighted by Crippen LogP contribution is 2.36. The van der Waals surface area contributed by atoms with Gasteiger partial charge in [0.05, 0.1) is 18.5 Å². The van der Waals surface area contributed by atoms with E-state index < -0.39 is 29.0 Å². The van der Waals surface area contributed by atoms with Crippen LogP contribution in [0.4, 0.5) is 13.2 Å². The van der Waals surface area contributed by atoms with Gasteiger partial charge in [-0.25, -0.2) is 13.2 Å². The largest absolute Gasteiger partial charge is 0.382 e. The SMILES string of the molecule is C=NC=C(F)C(=NC)C(C)C(O)(CN1CN(C)C=N1)c1ccc(F)cc1F. The lowest BCUT2D eigenvalue weighted by atomic mass is 9.78. The average Bonchev–Trinajstić information content (AvgIpc) is 3.00. The predicted octanol–water partition coefficient (Wildman–Crippen LogP) is 2.52. The summed E-state index contributed by atoms with van der Waals surface area (Å²) in [5.74, 6) is -3.52. The zero-order chi connectivity index (χ0) is 20.2. The highest BCUT2D eigenvalue weighted by atomic mass is 19.1. The van der Waals surface area contributed by atoms with Crippen molar-refractivity contribution < 1.29 is 18.3 Å². The smallest absolute Gasteiger partial charge is 0.162 e. The van der Waals surface area contributed by atoms with Crippen molar-refractivity contribution in [1.82, 2.24) is 9.91 Å². The first-order chi connectivity index (χ1) is 12.7. The van der Waals surface area contributed by atoms with Crippen LogP contribution in [0.5, 0.6) is 0 Å². The second-order valence-corrected chi connectivity index (χ2v) is 6.33. The lowest BCUT2D eigenvalue weighted by molar-refractivity contribution is -0.0297. The molecule has 2 unspecified atom stereocenters. The second-order valence-electron chi connectivity index (χ2n) is 6.33. The topological polar surface area (TPSA) is 63.8 Å². The Hall–Kier alpha value is -2.68. The van der Waals surface area contributed by atoms with Gasteiger partial charge in [0, 0.05) is 31.6 Å². The minimum absolute atomic E-state index is 0.120. The van der Waals surface area contributed by atoms with Gasteiger partial charge in [-0.05, 0) is 12.8 Å². The number of allylic oxidation sites excluding steroid dienone is 1. The van der Waals surface area contributed by atoms with Crippen LogP contribution in [0.15, 0.2) is 45.3 Å². The van der Waals surface area contributed by atoms with Gasteiger partial charge in [0.2, 0.25) is 0 Å². The van der Waals surface area contributed by atoms with E-state index in [9.17, 15) is 18.3 Å². The van der Waals surface area contributed by atoms with Crippen LogP contribution < -0.4 is 0 Å². The van der Waals surface area contributed by atoms with Crippen molar-refractivity contribution in [3.05, 3.63) is 47.4 Å². The van der Waals surface area contributed by atoms with Gasteiger partial charge in [0.25, 0.3) is 0 Å². The van der Waals surface area contributed by atoms with Crippen molar-refractivity contribution in [3.63, 3.8) is 0 Å². The Kier molecular flexibility index (Phi) is 6.37. The number of benzene rings is 1. The van der Waals surface area contributed by atoms with Crippen molar-refractivity contribution in [2.45, 2.75) is 12.5 Å². The lowest BCUT2D eigenvalue weighted by Gasteiger charge is -2.37. The Balaban J connectivity index is 2.52. The number of β-amino-alcohol motifs (C(OH)–C–C–N with tert-alkyl or cyclic N) is 1. The summed E-state index contributed by atoms with van der Waals surface area (Å²) in [7, 11) is 3.13. The molecular formula is C18H22F3N5O. The minimum atomic E-state index is -1.94. The van der Waals surface area contributed by atoms with E-state index in [1.54, 1.807) is 18.3 Å². The zero-order valence-corrected chi connectivity index (χ0v) is 15.4. The fourth-order valence-corrected chi connectivity index (χ4v) is 3.04. The van der Waals surface area contributed by atoms with Gasteiger partial charge in [-0.3, -0.25) is 15.0 Å². The molecule has 1 heterocycles. The molecule has 0 amide bonds. The Morgan fingerprint density at radius 1 is 1.48 bits per heavy atom. The van der Waals surface area contributed by atoms with E-state index in [0.717, 1.165) is 18.3 Å². The molecule has 0 radical (unpaired) electrons. The monoisotopic (exact) mass is 381 g/mol. The molecule has 9 heteroatoms. The lowest BCUT2D eigenvalue weighted by Crippen LogP contribution is -2.47.